The highest BCUT2D eigenvalue weighted by molar-refractivity contribution is 5.95. The second-order valence-corrected chi connectivity index (χ2v) is 5.51. The average molecular weight is 275 g/mol. The maximum absolute atomic E-state index is 12.6. The Balaban J connectivity index is 2.04. The summed E-state index contributed by atoms with van der Waals surface area (Å²) in [5, 5.41) is 3.40. The molecule has 1 aromatic carbocycles. The Kier molecular flexibility index (Phi) is 5.15. The Labute approximate surface area is 121 Å². The smallest absolute Gasteiger partial charge is 0.241 e. The standard InChI is InChI=1S/C16H25N3O/c1-4-19(15-8-6-5-7-13(15)2)16(20)12-18-10-9-17-14(3)11-18/h5-8,14,17H,4,9-12H2,1-3H3/t14-/m0/s1. The molecular weight excluding hydrogens is 250 g/mol. The quantitative estimate of drug-likeness (QED) is 0.907. The van der Waals surface area contributed by atoms with Crippen LogP contribution in [0.5, 0.6) is 0 Å². The third-order valence-corrected chi connectivity index (χ3v) is 3.84. The van der Waals surface area contributed by atoms with E-state index in [2.05, 4.69) is 30.1 Å². The number of nitrogens with zero attached hydrogens (tertiary/aromatic N) is 2. The molecular formula is C16H25N3O. The summed E-state index contributed by atoms with van der Waals surface area (Å²) in [6, 6.07) is 8.54. The van der Waals surface area contributed by atoms with Gasteiger partial charge in [0.05, 0.1) is 6.54 Å². The summed E-state index contributed by atoms with van der Waals surface area (Å²) in [4.78, 5) is 16.7. The van der Waals surface area contributed by atoms with Crippen molar-refractivity contribution in [3.63, 3.8) is 0 Å². The van der Waals surface area contributed by atoms with Crippen LogP contribution < -0.4 is 10.2 Å². The SMILES string of the molecule is CCN(C(=O)CN1CCN[C@@H](C)C1)c1ccccc1C. The minimum absolute atomic E-state index is 0.191. The van der Waals surface area contributed by atoms with Gasteiger partial charge in [-0.1, -0.05) is 18.2 Å². The van der Waals surface area contributed by atoms with Gasteiger partial charge in [0.25, 0.3) is 0 Å². The van der Waals surface area contributed by atoms with Gasteiger partial charge in [0.15, 0.2) is 0 Å². The van der Waals surface area contributed by atoms with Gasteiger partial charge in [0.1, 0.15) is 0 Å². The van der Waals surface area contributed by atoms with Gasteiger partial charge in [-0.15, -0.1) is 0 Å². The predicted octanol–water partition coefficient (Wildman–Crippen LogP) is 1.64. The highest BCUT2D eigenvalue weighted by Gasteiger charge is 2.22. The second kappa shape index (κ2) is 6.86. The number of para-hydroxylation sites is 1. The van der Waals surface area contributed by atoms with Crippen LogP contribution in [-0.4, -0.2) is 49.6 Å². The molecule has 110 valence electrons. The molecule has 1 fully saturated rings. The van der Waals surface area contributed by atoms with E-state index < -0.39 is 0 Å². The molecule has 1 N–H and O–H groups in total. The number of nitrogens with one attached hydrogen (secondary N) is 1. The van der Waals surface area contributed by atoms with Crippen molar-refractivity contribution in [2.75, 3.05) is 37.6 Å². The van der Waals surface area contributed by atoms with Crippen molar-refractivity contribution in [3.05, 3.63) is 29.8 Å². The highest BCUT2D eigenvalue weighted by Crippen LogP contribution is 2.19. The summed E-state index contributed by atoms with van der Waals surface area (Å²) >= 11 is 0. The van der Waals surface area contributed by atoms with Gasteiger partial charge < -0.3 is 10.2 Å². The zero-order chi connectivity index (χ0) is 14.5. The molecule has 0 spiro atoms. The van der Waals surface area contributed by atoms with Gasteiger partial charge in [-0.25, -0.2) is 0 Å². The van der Waals surface area contributed by atoms with Crippen molar-refractivity contribution < 1.29 is 4.79 Å². The van der Waals surface area contributed by atoms with E-state index in [1.54, 1.807) is 0 Å². The lowest BCUT2D eigenvalue weighted by atomic mass is 10.1. The van der Waals surface area contributed by atoms with E-state index in [1.807, 2.05) is 30.0 Å². The molecule has 20 heavy (non-hydrogen) atoms. The van der Waals surface area contributed by atoms with Crippen LogP contribution in [0.3, 0.4) is 0 Å². The predicted molar refractivity (Wildman–Crippen MR) is 83.1 cm³/mol. The molecule has 1 aliphatic heterocycles. The number of aryl methyl sites for hydroxylation is 1. The Morgan fingerprint density at radius 3 is 2.85 bits per heavy atom. The molecule has 0 aromatic heterocycles. The van der Waals surface area contributed by atoms with Gasteiger partial charge in [-0.2, -0.15) is 0 Å². The van der Waals surface area contributed by atoms with Crippen LogP contribution in [0.1, 0.15) is 19.4 Å². The minimum Gasteiger partial charge on any atom is -0.312 e. The maximum atomic E-state index is 12.6. The monoisotopic (exact) mass is 275 g/mol. The number of anilines is 1. The summed E-state index contributed by atoms with van der Waals surface area (Å²) in [7, 11) is 0. The summed E-state index contributed by atoms with van der Waals surface area (Å²) in [6.07, 6.45) is 0. The number of benzene rings is 1. The topological polar surface area (TPSA) is 35.6 Å². The molecule has 1 saturated heterocycles. The van der Waals surface area contributed by atoms with Gasteiger partial charge >= 0.3 is 0 Å². The molecule has 1 aliphatic rings. The molecule has 1 heterocycles. The zero-order valence-corrected chi connectivity index (χ0v) is 12.7. The highest BCUT2D eigenvalue weighted by atomic mass is 16.2. The molecule has 4 nitrogen and oxygen atoms in total. The number of piperazine rings is 1. The Morgan fingerprint density at radius 2 is 2.20 bits per heavy atom. The third-order valence-electron chi connectivity index (χ3n) is 3.84. The number of carbonyl (C=O) groups excluding carboxylic acids is 1. The largest absolute Gasteiger partial charge is 0.312 e. The average Bonchev–Trinajstić information content (AvgIpc) is 2.41. The van der Waals surface area contributed by atoms with E-state index in [0.29, 0.717) is 19.1 Å². The summed E-state index contributed by atoms with van der Waals surface area (Å²) in [6.45, 7) is 10.3. The molecule has 0 unspecified atom stereocenters. The number of likely N-dealkylation sites (N-methyl/N-ethyl adjacent to an activating group) is 1. The Morgan fingerprint density at radius 1 is 1.45 bits per heavy atom. The normalized spacial score (nSPS) is 19.9. The van der Waals surface area contributed by atoms with E-state index >= 15 is 0 Å². The lowest BCUT2D eigenvalue weighted by molar-refractivity contribution is -0.120. The molecule has 1 aromatic rings. The van der Waals surface area contributed by atoms with Crippen LogP contribution in [0.2, 0.25) is 0 Å². The van der Waals surface area contributed by atoms with Crippen molar-refractivity contribution in [1.82, 2.24) is 10.2 Å². The Bertz CT molecular complexity index is 461. The van der Waals surface area contributed by atoms with Crippen molar-refractivity contribution in [2.45, 2.75) is 26.8 Å². The number of hydrogen-bond acceptors (Lipinski definition) is 3. The molecule has 2 rings (SSSR count). The number of hydrogen-bond donors (Lipinski definition) is 1. The minimum atomic E-state index is 0.191. The Hall–Kier alpha value is -1.39. The van der Waals surface area contributed by atoms with Crippen LogP contribution in [0.4, 0.5) is 5.69 Å². The summed E-state index contributed by atoms with van der Waals surface area (Å²) in [5.74, 6) is 0.191. The first kappa shape index (κ1) is 15.0. The van der Waals surface area contributed by atoms with E-state index in [4.69, 9.17) is 0 Å². The van der Waals surface area contributed by atoms with Gasteiger partial charge in [0.2, 0.25) is 5.91 Å². The van der Waals surface area contributed by atoms with E-state index in [-0.39, 0.29) is 5.91 Å². The fourth-order valence-corrected chi connectivity index (χ4v) is 2.78. The molecule has 0 radical (unpaired) electrons. The van der Waals surface area contributed by atoms with Crippen molar-refractivity contribution in [3.8, 4) is 0 Å². The number of carbonyl (C=O) groups is 1. The zero-order valence-electron chi connectivity index (χ0n) is 12.7. The summed E-state index contributed by atoms with van der Waals surface area (Å²) < 4.78 is 0. The van der Waals surface area contributed by atoms with Crippen molar-refractivity contribution in [2.24, 2.45) is 0 Å². The number of rotatable bonds is 4. The van der Waals surface area contributed by atoms with Crippen LogP contribution in [0.25, 0.3) is 0 Å². The first-order valence-corrected chi connectivity index (χ1v) is 7.43. The fraction of sp³-hybridized carbons (Fsp3) is 0.562. The molecule has 0 aliphatic carbocycles. The van der Waals surface area contributed by atoms with Crippen molar-refractivity contribution in [1.29, 1.82) is 0 Å². The molecule has 0 saturated carbocycles. The second-order valence-electron chi connectivity index (χ2n) is 5.51. The molecule has 0 bridgehead atoms. The fourth-order valence-electron chi connectivity index (χ4n) is 2.78. The lowest BCUT2D eigenvalue weighted by Crippen LogP contribution is -2.52. The third kappa shape index (κ3) is 3.58. The van der Waals surface area contributed by atoms with Gasteiger partial charge in [0, 0.05) is 37.9 Å². The van der Waals surface area contributed by atoms with E-state index in [1.165, 1.54) is 0 Å². The van der Waals surface area contributed by atoms with Crippen LogP contribution in [0.15, 0.2) is 24.3 Å². The van der Waals surface area contributed by atoms with Crippen LogP contribution in [0, 0.1) is 6.92 Å². The lowest BCUT2D eigenvalue weighted by Gasteiger charge is -2.33. The van der Waals surface area contributed by atoms with Crippen LogP contribution >= 0.6 is 0 Å². The summed E-state index contributed by atoms with van der Waals surface area (Å²) in [5.41, 5.74) is 2.18. The molecule has 1 atom stereocenters. The van der Waals surface area contributed by atoms with E-state index in [9.17, 15) is 4.79 Å². The van der Waals surface area contributed by atoms with Gasteiger partial charge in [-0.3, -0.25) is 9.69 Å². The molecule has 4 heteroatoms. The first-order valence-electron chi connectivity index (χ1n) is 7.43. The van der Waals surface area contributed by atoms with Crippen molar-refractivity contribution >= 4 is 11.6 Å². The molecule has 1 amide bonds. The van der Waals surface area contributed by atoms with Gasteiger partial charge in [-0.05, 0) is 32.4 Å². The maximum Gasteiger partial charge on any atom is 0.241 e. The first-order chi connectivity index (χ1) is 9.61. The number of amides is 1. The van der Waals surface area contributed by atoms with Crippen LogP contribution in [-0.2, 0) is 4.79 Å². The van der Waals surface area contributed by atoms with E-state index in [0.717, 1.165) is 30.9 Å².